The summed E-state index contributed by atoms with van der Waals surface area (Å²) in [5.74, 6) is -0.786. The van der Waals surface area contributed by atoms with E-state index in [1.807, 2.05) is 60.0 Å². The van der Waals surface area contributed by atoms with Crippen LogP contribution in [0.4, 0.5) is 0 Å². The molecule has 0 unspecified atom stereocenters. The van der Waals surface area contributed by atoms with Gasteiger partial charge in [-0.05, 0) is 78.1 Å². The van der Waals surface area contributed by atoms with Crippen LogP contribution < -0.4 is 16.0 Å². The van der Waals surface area contributed by atoms with Crippen molar-refractivity contribution >= 4 is 50.8 Å². The molecule has 5 rings (SSSR count). The lowest BCUT2D eigenvalue weighted by molar-refractivity contribution is -0.137. The summed E-state index contributed by atoms with van der Waals surface area (Å²) in [5.41, 5.74) is 2.86. The number of carbonyl (C=O) groups is 2. The van der Waals surface area contributed by atoms with Crippen LogP contribution in [-0.4, -0.2) is 41.8 Å². The minimum Gasteiger partial charge on any atom is -0.494 e. The monoisotopic (exact) mass is 665 g/mol. The second kappa shape index (κ2) is 12.1. The predicted molar refractivity (Wildman–Crippen MR) is 166 cm³/mol. The summed E-state index contributed by atoms with van der Waals surface area (Å²) in [6.07, 6.45) is 5.18. The van der Waals surface area contributed by atoms with Crippen molar-refractivity contribution in [2.75, 3.05) is 11.0 Å². The van der Waals surface area contributed by atoms with Gasteiger partial charge in [-0.3, -0.25) is 14.4 Å². The molecule has 0 fully saturated rings. The number of hydrogen-bond donors (Lipinski definition) is 2. The summed E-state index contributed by atoms with van der Waals surface area (Å²) in [7, 11) is 0. The number of carbonyl (C=O) groups excluding carboxylic acids is 1. The summed E-state index contributed by atoms with van der Waals surface area (Å²) in [4.78, 5) is 52.6. The number of benzene rings is 2. The summed E-state index contributed by atoms with van der Waals surface area (Å²) in [6.45, 7) is 1.82. The number of H-pyrrole nitrogens is 1. The quantitative estimate of drug-likeness (QED) is 0.0864. The Balaban J connectivity index is 1.51. The van der Waals surface area contributed by atoms with Gasteiger partial charge in [0.25, 0.3) is 5.56 Å². The Hall–Kier alpha value is -4.19. The van der Waals surface area contributed by atoms with Gasteiger partial charge in [0, 0.05) is 17.3 Å². The van der Waals surface area contributed by atoms with Crippen molar-refractivity contribution in [3.8, 4) is 16.9 Å². The molecule has 0 atom stereocenters. The van der Waals surface area contributed by atoms with E-state index in [9.17, 15) is 19.2 Å². The number of carboxylic acids is 1. The Morgan fingerprint density at radius 1 is 1.00 bits per heavy atom. The highest BCUT2D eigenvalue weighted by molar-refractivity contribution is 14.1. The maximum Gasteiger partial charge on any atom is 0.329 e. The highest BCUT2D eigenvalue weighted by atomic mass is 127. The van der Waals surface area contributed by atoms with Gasteiger partial charge >= 0.3 is 11.7 Å². The molecule has 3 aromatic heterocycles. The molecule has 0 amide bonds. The topological polar surface area (TPSA) is 123 Å². The Kier molecular flexibility index (Phi) is 8.39. The number of fused-ring (bicyclic) bond motifs is 2. The van der Waals surface area contributed by atoms with E-state index in [1.54, 1.807) is 0 Å². The maximum absolute atomic E-state index is 13.9. The molecule has 0 bridgehead atoms. The van der Waals surface area contributed by atoms with Gasteiger partial charge in [-0.25, -0.2) is 9.36 Å². The number of aromatic nitrogens is 3. The number of aliphatic carboxylic acids is 1. The molecule has 210 valence electrons. The SMILES string of the molecule is Cc1c(-c2ccc(OCCCCCI)cc2)c2ccccn2c1C(=O)c1ccc2c(=O)n(CC(=O)O)c(=O)[nH]c2c1. The van der Waals surface area contributed by atoms with E-state index in [0.29, 0.717) is 16.9 Å². The van der Waals surface area contributed by atoms with Crippen molar-refractivity contribution in [1.29, 1.82) is 0 Å². The predicted octanol–water partition coefficient (Wildman–Crippen LogP) is 5.22. The van der Waals surface area contributed by atoms with Crippen LogP contribution in [0, 0.1) is 6.92 Å². The average molecular weight is 665 g/mol. The van der Waals surface area contributed by atoms with Gasteiger partial charge in [0.05, 0.1) is 28.7 Å². The van der Waals surface area contributed by atoms with E-state index in [1.165, 1.54) is 24.6 Å². The van der Waals surface area contributed by atoms with E-state index in [4.69, 9.17) is 9.84 Å². The van der Waals surface area contributed by atoms with Crippen LogP contribution in [0.25, 0.3) is 27.5 Å². The standard InChI is InChI=1S/C31H28IN3O6/c1-19-27(20-8-11-22(12-9-20)41-16-6-2-4-14-32)25-7-3-5-15-34(25)28(19)29(38)21-10-13-23-24(17-21)33-31(40)35(30(23)39)18-26(36)37/h3,5,7-13,15,17H,2,4,6,14,16,18H2,1H3,(H,33,40)(H,36,37). The molecule has 5 aromatic rings. The number of rotatable bonds is 11. The number of unbranched alkanes of at least 4 members (excludes halogenated alkanes) is 2. The Bertz CT molecular complexity index is 1890. The van der Waals surface area contributed by atoms with Crippen molar-refractivity contribution in [2.45, 2.75) is 32.7 Å². The number of ketones is 1. The number of hydrogen-bond acceptors (Lipinski definition) is 5. The van der Waals surface area contributed by atoms with Gasteiger partial charge in [0.1, 0.15) is 12.3 Å². The second-order valence-electron chi connectivity index (χ2n) is 9.73. The smallest absolute Gasteiger partial charge is 0.329 e. The fourth-order valence-electron chi connectivity index (χ4n) is 5.07. The molecule has 0 spiro atoms. The van der Waals surface area contributed by atoms with Gasteiger partial charge in [-0.2, -0.15) is 0 Å². The zero-order valence-electron chi connectivity index (χ0n) is 22.4. The third-order valence-corrected chi connectivity index (χ3v) is 7.79. The van der Waals surface area contributed by atoms with Crippen molar-refractivity contribution in [3.63, 3.8) is 0 Å². The molecule has 10 heteroatoms. The maximum atomic E-state index is 13.9. The van der Waals surface area contributed by atoms with Crippen molar-refractivity contribution in [1.82, 2.24) is 14.0 Å². The minimum atomic E-state index is -1.31. The van der Waals surface area contributed by atoms with E-state index in [-0.39, 0.29) is 22.2 Å². The number of halogens is 1. The molecule has 0 aliphatic rings. The Morgan fingerprint density at radius 2 is 1.78 bits per heavy atom. The first-order chi connectivity index (χ1) is 19.8. The van der Waals surface area contributed by atoms with E-state index >= 15 is 0 Å². The number of nitrogens with zero attached hydrogens (tertiary/aromatic N) is 2. The first kappa shape index (κ1) is 28.3. The van der Waals surface area contributed by atoms with Gasteiger partial charge in [-0.1, -0.05) is 46.9 Å². The van der Waals surface area contributed by atoms with Crippen LogP contribution in [-0.2, 0) is 11.3 Å². The van der Waals surface area contributed by atoms with E-state index in [2.05, 4.69) is 27.6 Å². The number of ether oxygens (including phenoxy) is 1. The molecule has 41 heavy (non-hydrogen) atoms. The van der Waals surface area contributed by atoms with Gasteiger partial charge in [-0.15, -0.1) is 0 Å². The van der Waals surface area contributed by atoms with Crippen LogP contribution in [0.5, 0.6) is 5.75 Å². The van der Waals surface area contributed by atoms with Crippen LogP contribution in [0.3, 0.4) is 0 Å². The Morgan fingerprint density at radius 3 is 2.51 bits per heavy atom. The lowest BCUT2D eigenvalue weighted by Crippen LogP contribution is -2.37. The van der Waals surface area contributed by atoms with Crippen LogP contribution in [0.1, 0.15) is 40.9 Å². The first-order valence-electron chi connectivity index (χ1n) is 13.2. The van der Waals surface area contributed by atoms with E-state index in [0.717, 1.165) is 45.2 Å². The van der Waals surface area contributed by atoms with Crippen LogP contribution in [0.15, 0.2) is 76.4 Å². The number of carboxylic acid groups (broad SMARTS) is 1. The molecule has 2 aromatic carbocycles. The molecule has 2 N–H and O–H groups in total. The molecule has 0 saturated carbocycles. The summed E-state index contributed by atoms with van der Waals surface area (Å²) >= 11 is 2.38. The van der Waals surface area contributed by atoms with Crippen molar-refractivity contribution in [3.05, 3.63) is 105 Å². The normalized spacial score (nSPS) is 11.3. The largest absolute Gasteiger partial charge is 0.494 e. The molecule has 9 nitrogen and oxygen atoms in total. The second-order valence-corrected chi connectivity index (χ2v) is 10.8. The first-order valence-corrected chi connectivity index (χ1v) is 14.7. The van der Waals surface area contributed by atoms with E-state index < -0.39 is 23.8 Å². The molecular formula is C31H28IN3O6. The summed E-state index contributed by atoms with van der Waals surface area (Å²) < 4.78 is 9.52. The summed E-state index contributed by atoms with van der Waals surface area (Å²) in [6, 6.07) is 18.0. The summed E-state index contributed by atoms with van der Waals surface area (Å²) in [5, 5.41) is 9.15. The highest BCUT2D eigenvalue weighted by Crippen LogP contribution is 2.35. The molecule has 0 saturated heterocycles. The molecule has 0 radical (unpaired) electrons. The fourth-order valence-corrected chi connectivity index (χ4v) is 5.61. The van der Waals surface area contributed by atoms with Crippen molar-refractivity contribution in [2.24, 2.45) is 0 Å². The van der Waals surface area contributed by atoms with Gasteiger partial charge in [0.2, 0.25) is 5.78 Å². The number of alkyl halides is 1. The van der Waals surface area contributed by atoms with Gasteiger partial charge < -0.3 is 19.2 Å². The lowest BCUT2D eigenvalue weighted by atomic mass is 9.98. The zero-order valence-corrected chi connectivity index (χ0v) is 24.5. The van der Waals surface area contributed by atoms with Gasteiger partial charge in [0.15, 0.2) is 0 Å². The van der Waals surface area contributed by atoms with Crippen LogP contribution in [0.2, 0.25) is 0 Å². The third-order valence-electron chi connectivity index (χ3n) is 7.03. The zero-order chi connectivity index (χ0) is 29.1. The third kappa shape index (κ3) is 5.69. The Labute approximate surface area is 248 Å². The van der Waals surface area contributed by atoms with Crippen LogP contribution >= 0.6 is 22.6 Å². The average Bonchev–Trinajstić information content (AvgIpc) is 3.26. The number of aromatic amines is 1. The minimum absolute atomic E-state index is 0.118. The molecule has 0 aliphatic heterocycles. The number of pyridine rings is 1. The number of nitrogens with one attached hydrogen (secondary N) is 1. The fraction of sp³-hybridized carbons (Fsp3) is 0.226. The molecule has 0 aliphatic carbocycles. The molecular weight excluding hydrogens is 637 g/mol. The van der Waals surface area contributed by atoms with Crippen molar-refractivity contribution < 1.29 is 19.4 Å². The highest BCUT2D eigenvalue weighted by Gasteiger charge is 2.23. The molecule has 3 heterocycles. The lowest BCUT2D eigenvalue weighted by Gasteiger charge is -2.08.